The first-order valence-electron chi connectivity index (χ1n) is 4.83. The minimum Gasteiger partial charge on any atom is -0.361 e. The molecule has 2 bridgehead atoms. The maximum Gasteiger partial charge on any atom is 0.329 e. The Balaban J connectivity index is 1.93. The van der Waals surface area contributed by atoms with Gasteiger partial charge in [-0.3, -0.25) is 9.59 Å². The summed E-state index contributed by atoms with van der Waals surface area (Å²) in [6.45, 7) is 0. The number of rotatable bonds is 1. The van der Waals surface area contributed by atoms with E-state index in [1.807, 2.05) is 0 Å². The van der Waals surface area contributed by atoms with Crippen LogP contribution < -0.4 is 11.2 Å². The van der Waals surface area contributed by atoms with Gasteiger partial charge in [-0.15, -0.1) is 0 Å². The van der Waals surface area contributed by atoms with Crippen LogP contribution in [0.5, 0.6) is 0 Å². The lowest BCUT2D eigenvalue weighted by Crippen LogP contribution is -2.34. The molecule has 0 aromatic heterocycles. The fourth-order valence-electron chi connectivity index (χ4n) is 2.34. The highest BCUT2D eigenvalue weighted by Crippen LogP contribution is 2.42. The number of primary amides is 1. The van der Waals surface area contributed by atoms with E-state index in [0.717, 1.165) is 24.5 Å². The van der Waals surface area contributed by atoms with Gasteiger partial charge in [-0.2, -0.15) is 5.10 Å². The van der Waals surface area contributed by atoms with Gasteiger partial charge in [0.1, 0.15) is 0 Å². The molecule has 0 heterocycles. The summed E-state index contributed by atoms with van der Waals surface area (Å²) in [4.78, 5) is 21.2. The van der Waals surface area contributed by atoms with Crippen molar-refractivity contribution in [3.05, 3.63) is 0 Å². The van der Waals surface area contributed by atoms with E-state index in [1.165, 1.54) is 12.8 Å². The lowest BCUT2D eigenvalue weighted by molar-refractivity contribution is -0.137. The first kappa shape index (κ1) is 9.18. The third kappa shape index (κ3) is 1.62. The number of carbonyl (C=O) groups is 2. The van der Waals surface area contributed by atoms with E-state index in [9.17, 15) is 9.59 Å². The summed E-state index contributed by atoms with van der Waals surface area (Å²) in [5.74, 6) is -0.560. The number of hydrogen-bond donors (Lipinski definition) is 2. The zero-order valence-electron chi connectivity index (χ0n) is 7.82. The summed E-state index contributed by atoms with van der Waals surface area (Å²) >= 11 is 0. The molecule has 0 saturated heterocycles. The van der Waals surface area contributed by atoms with Crippen LogP contribution in [0.1, 0.15) is 25.7 Å². The largest absolute Gasteiger partial charge is 0.361 e. The highest BCUT2D eigenvalue weighted by Gasteiger charge is 2.36. The van der Waals surface area contributed by atoms with Crippen molar-refractivity contribution < 1.29 is 9.59 Å². The van der Waals surface area contributed by atoms with Crippen LogP contribution in [0.4, 0.5) is 0 Å². The summed E-state index contributed by atoms with van der Waals surface area (Å²) < 4.78 is 0. The smallest absolute Gasteiger partial charge is 0.329 e. The standard InChI is InChI=1S/C9H13N3O2/c10-8(13)9(14)12-11-7-4-5-1-2-6(7)3-5/h5-6H,1-4H2,(H2,10,13)(H,12,14)/b11-7-. The van der Waals surface area contributed by atoms with E-state index in [4.69, 9.17) is 5.73 Å². The van der Waals surface area contributed by atoms with Crippen molar-refractivity contribution in [2.75, 3.05) is 0 Å². The Morgan fingerprint density at radius 3 is 2.71 bits per heavy atom. The summed E-state index contributed by atoms with van der Waals surface area (Å²) in [6, 6.07) is 0. The van der Waals surface area contributed by atoms with Crippen LogP contribution in [0.15, 0.2) is 5.10 Å². The zero-order chi connectivity index (χ0) is 10.1. The molecule has 76 valence electrons. The number of nitrogens with one attached hydrogen (secondary N) is 1. The lowest BCUT2D eigenvalue weighted by atomic mass is 9.99. The Labute approximate surface area is 81.7 Å². The third-order valence-corrected chi connectivity index (χ3v) is 3.04. The van der Waals surface area contributed by atoms with E-state index < -0.39 is 11.8 Å². The molecule has 0 aromatic rings. The van der Waals surface area contributed by atoms with Crippen molar-refractivity contribution in [2.24, 2.45) is 22.7 Å². The average molecular weight is 195 g/mol. The third-order valence-electron chi connectivity index (χ3n) is 3.04. The van der Waals surface area contributed by atoms with Crippen LogP contribution in [0.25, 0.3) is 0 Å². The van der Waals surface area contributed by atoms with E-state index in [2.05, 4.69) is 10.5 Å². The molecule has 0 spiro atoms. The van der Waals surface area contributed by atoms with Crippen LogP contribution in [0.3, 0.4) is 0 Å². The fourth-order valence-corrected chi connectivity index (χ4v) is 2.34. The molecule has 14 heavy (non-hydrogen) atoms. The molecular weight excluding hydrogens is 182 g/mol. The van der Waals surface area contributed by atoms with Gasteiger partial charge in [0, 0.05) is 5.71 Å². The topological polar surface area (TPSA) is 84.5 Å². The number of carbonyl (C=O) groups excluding carboxylic acids is 2. The maximum atomic E-state index is 10.8. The van der Waals surface area contributed by atoms with E-state index in [1.54, 1.807) is 0 Å². The Hall–Kier alpha value is -1.39. The number of hydrogen-bond acceptors (Lipinski definition) is 3. The van der Waals surface area contributed by atoms with Gasteiger partial charge in [-0.05, 0) is 37.5 Å². The Bertz CT molecular complexity index is 311. The molecule has 2 atom stereocenters. The maximum absolute atomic E-state index is 10.8. The van der Waals surface area contributed by atoms with Gasteiger partial charge in [-0.25, -0.2) is 5.43 Å². The summed E-state index contributed by atoms with van der Waals surface area (Å²) in [5, 5.41) is 3.94. The highest BCUT2D eigenvalue weighted by atomic mass is 16.2. The Morgan fingerprint density at radius 2 is 2.21 bits per heavy atom. The molecule has 2 amide bonds. The van der Waals surface area contributed by atoms with Crippen molar-refractivity contribution >= 4 is 17.5 Å². The van der Waals surface area contributed by atoms with Crippen molar-refractivity contribution in [3.63, 3.8) is 0 Å². The van der Waals surface area contributed by atoms with Gasteiger partial charge < -0.3 is 5.73 Å². The van der Waals surface area contributed by atoms with Crippen LogP contribution in [0, 0.1) is 11.8 Å². The summed E-state index contributed by atoms with van der Waals surface area (Å²) in [6.07, 6.45) is 4.58. The quantitative estimate of drug-likeness (QED) is 0.447. The molecule has 2 unspecified atom stereocenters. The van der Waals surface area contributed by atoms with Crippen molar-refractivity contribution in [1.29, 1.82) is 0 Å². The molecule has 0 radical (unpaired) electrons. The second-order valence-electron chi connectivity index (χ2n) is 3.99. The van der Waals surface area contributed by atoms with Crippen LogP contribution in [-0.4, -0.2) is 17.5 Å². The molecule has 5 heteroatoms. The zero-order valence-corrected chi connectivity index (χ0v) is 7.82. The second kappa shape index (κ2) is 3.40. The molecule has 2 fully saturated rings. The first-order chi connectivity index (χ1) is 6.66. The van der Waals surface area contributed by atoms with E-state index in [0.29, 0.717) is 5.92 Å². The predicted molar refractivity (Wildman–Crippen MR) is 50.2 cm³/mol. The summed E-state index contributed by atoms with van der Waals surface area (Å²) in [5.41, 5.74) is 7.98. The molecule has 2 rings (SSSR count). The van der Waals surface area contributed by atoms with Gasteiger partial charge in [0.05, 0.1) is 0 Å². The molecule has 3 N–H and O–H groups in total. The van der Waals surface area contributed by atoms with Crippen molar-refractivity contribution in [1.82, 2.24) is 5.43 Å². The predicted octanol–water partition coefficient (Wildman–Crippen LogP) is -0.236. The van der Waals surface area contributed by atoms with Gasteiger partial charge in [0.25, 0.3) is 0 Å². The van der Waals surface area contributed by atoms with Gasteiger partial charge in [0.15, 0.2) is 0 Å². The number of nitrogens with zero attached hydrogens (tertiary/aromatic N) is 1. The molecule has 5 nitrogen and oxygen atoms in total. The normalized spacial score (nSPS) is 32.1. The van der Waals surface area contributed by atoms with Crippen molar-refractivity contribution in [3.8, 4) is 0 Å². The van der Waals surface area contributed by atoms with Crippen LogP contribution in [0.2, 0.25) is 0 Å². The average Bonchev–Trinajstić information content (AvgIpc) is 2.74. The molecule has 0 aromatic carbocycles. The molecule has 2 aliphatic carbocycles. The molecule has 2 saturated carbocycles. The van der Waals surface area contributed by atoms with Gasteiger partial charge >= 0.3 is 11.8 Å². The number of fused-ring (bicyclic) bond motifs is 2. The number of hydrazone groups is 1. The number of amides is 2. The Morgan fingerprint density at radius 1 is 1.43 bits per heavy atom. The molecule has 0 aliphatic heterocycles. The Kier molecular flexibility index (Phi) is 2.23. The number of nitrogens with two attached hydrogens (primary N) is 1. The van der Waals surface area contributed by atoms with Gasteiger partial charge in [-0.1, -0.05) is 0 Å². The monoisotopic (exact) mass is 195 g/mol. The van der Waals surface area contributed by atoms with Crippen molar-refractivity contribution in [2.45, 2.75) is 25.7 Å². The minimum atomic E-state index is -0.988. The first-order valence-corrected chi connectivity index (χ1v) is 4.83. The second-order valence-corrected chi connectivity index (χ2v) is 3.99. The minimum absolute atomic E-state index is 0.521. The molecular formula is C9H13N3O2. The van der Waals surface area contributed by atoms with E-state index >= 15 is 0 Å². The molecule has 2 aliphatic rings. The fraction of sp³-hybridized carbons (Fsp3) is 0.667. The van der Waals surface area contributed by atoms with Crippen LogP contribution >= 0.6 is 0 Å². The SMILES string of the molecule is NC(=O)C(=O)N/N=C1/CC2CCC1C2. The summed E-state index contributed by atoms with van der Waals surface area (Å²) in [7, 11) is 0. The van der Waals surface area contributed by atoms with Crippen LogP contribution in [-0.2, 0) is 9.59 Å². The van der Waals surface area contributed by atoms with Gasteiger partial charge in [0.2, 0.25) is 0 Å². The lowest BCUT2D eigenvalue weighted by Gasteiger charge is -2.10. The van der Waals surface area contributed by atoms with E-state index in [-0.39, 0.29) is 0 Å². The highest BCUT2D eigenvalue weighted by molar-refractivity contribution is 6.34.